The highest BCUT2D eigenvalue weighted by Crippen LogP contribution is 2.29. The van der Waals surface area contributed by atoms with E-state index in [1.807, 2.05) is 30.3 Å². The molecule has 0 saturated carbocycles. The first kappa shape index (κ1) is 12.2. The van der Waals surface area contributed by atoms with E-state index in [0.717, 1.165) is 15.4 Å². The largest absolute Gasteiger partial charge is 0.454 e. The molecule has 0 aliphatic heterocycles. The number of furan rings is 1. The van der Waals surface area contributed by atoms with Gasteiger partial charge in [-0.05, 0) is 36.4 Å². The SMILES string of the molecule is N#Cc1ccc(-c2cc3cc(Br)ccc3o2)nc1Cl. The van der Waals surface area contributed by atoms with Crippen LogP contribution in [0, 0.1) is 11.3 Å². The first-order valence-electron chi connectivity index (χ1n) is 5.43. The van der Waals surface area contributed by atoms with Crippen LogP contribution in [0.2, 0.25) is 5.15 Å². The second-order valence-corrected chi connectivity index (χ2v) is 5.21. The Kier molecular flexibility index (Phi) is 3.02. The van der Waals surface area contributed by atoms with Gasteiger partial charge < -0.3 is 4.42 Å². The van der Waals surface area contributed by atoms with Crippen LogP contribution in [0.5, 0.6) is 0 Å². The van der Waals surface area contributed by atoms with E-state index in [4.69, 9.17) is 21.3 Å². The van der Waals surface area contributed by atoms with Crippen LogP contribution in [0.3, 0.4) is 0 Å². The third-order valence-corrected chi connectivity index (χ3v) is 3.48. The summed E-state index contributed by atoms with van der Waals surface area (Å²) in [4.78, 5) is 4.17. The molecule has 19 heavy (non-hydrogen) atoms. The van der Waals surface area contributed by atoms with Gasteiger partial charge in [0.25, 0.3) is 0 Å². The maximum atomic E-state index is 8.82. The Labute approximate surface area is 122 Å². The fourth-order valence-electron chi connectivity index (χ4n) is 1.80. The predicted molar refractivity (Wildman–Crippen MR) is 76.9 cm³/mol. The Morgan fingerprint density at radius 3 is 2.79 bits per heavy atom. The number of aromatic nitrogens is 1. The Hall–Kier alpha value is -1.83. The van der Waals surface area contributed by atoms with Gasteiger partial charge in [0, 0.05) is 9.86 Å². The van der Waals surface area contributed by atoms with Crippen LogP contribution < -0.4 is 0 Å². The molecule has 3 rings (SSSR count). The Balaban J connectivity index is 2.14. The van der Waals surface area contributed by atoms with Crippen LogP contribution in [0.15, 0.2) is 45.3 Å². The summed E-state index contributed by atoms with van der Waals surface area (Å²) in [7, 11) is 0. The maximum Gasteiger partial charge on any atom is 0.153 e. The van der Waals surface area contributed by atoms with Gasteiger partial charge in [-0.1, -0.05) is 27.5 Å². The Morgan fingerprint density at radius 2 is 2.05 bits per heavy atom. The van der Waals surface area contributed by atoms with E-state index >= 15 is 0 Å². The Bertz CT molecular complexity index is 820. The molecule has 0 aliphatic carbocycles. The molecule has 0 atom stereocenters. The molecule has 5 heteroatoms. The minimum absolute atomic E-state index is 0.182. The van der Waals surface area contributed by atoms with Gasteiger partial charge in [0.05, 0.1) is 5.56 Å². The molecule has 92 valence electrons. The van der Waals surface area contributed by atoms with E-state index in [1.54, 1.807) is 12.1 Å². The molecule has 1 aromatic carbocycles. The molecule has 0 N–H and O–H groups in total. The lowest BCUT2D eigenvalue weighted by Gasteiger charge is -1.97. The van der Waals surface area contributed by atoms with Crippen molar-refractivity contribution in [2.45, 2.75) is 0 Å². The van der Waals surface area contributed by atoms with Gasteiger partial charge in [0.1, 0.15) is 22.5 Å². The molecule has 0 radical (unpaired) electrons. The molecule has 3 aromatic rings. The van der Waals surface area contributed by atoms with E-state index in [0.29, 0.717) is 17.0 Å². The fourth-order valence-corrected chi connectivity index (χ4v) is 2.37. The van der Waals surface area contributed by atoms with Gasteiger partial charge in [0.2, 0.25) is 0 Å². The van der Waals surface area contributed by atoms with Gasteiger partial charge in [-0.15, -0.1) is 0 Å². The molecule has 2 aromatic heterocycles. The molecule has 0 amide bonds. The molecule has 0 bridgehead atoms. The van der Waals surface area contributed by atoms with Crippen molar-refractivity contribution in [1.29, 1.82) is 5.26 Å². The summed E-state index contributed by atoms with van der Waals surface area (Å²) < 4.78 is 6.70. The zero-order valence-electron chi connectivity index (χ0n) is 9.52. The van der Waals surface area contributed by atoms with Crippen molar-refractivity contribution in [3.8, 4) is 17.5 Å². The van der Waals surface area contributed by atoms with Crippen LogP contribution in [0.1, 0.15) is 5.56 Å². The third-order valence-electron chi connectivity index (χ3n) is 2.70. The van der Waals surface area contributed by atoms with Gasteiger partial charge in [0.15, 0.2) is 5.76 Å². The number of hydrogen-bond acceptors (Lipinski definition) is 3. The standard InChI is InChI=1S/C14H6BrClN2O/c15-10-2-4-12-9(5-10)6-13(19-12)11-3-1-8(7-17)14(16)18-11/h1-6H. The monoisotopic (exact) mass is 332 g/mol. The smallest absolute Gasteiger partial charge is 0.153 e. The zero-order chi connectivity index (χ0) is 13.4. The van der Waals surface area contributed by atoms with Crippen molar-refractivity contribution in [3.05, 3.63) is 51.6 Å². The van der Waals surface area contributed by atoms with Gasteiger partial charge in [-0.2, -0.15) is 5.26 Å². The average molecular weight is 334 g/mol. The lowest BCUT2D eigenvalue weighted by molar-refractivity contribution is 0.628. The summed E-state index contributed by atoms with van der Waals surface area (Å²) >= 11 is 9.33. The maximum absolute atomic E-state index is 8.82. The number of pyridine rings is 1. The molecule has 3 nitrogen and oxygen atoms in total. The molecular formula is C14H6BrClN2O. The predicted octanol–water partition coefficient (Wildman–Crippen LogP) is 4.78. The van der Waals surface area contributed by atoms with E-state index in [1.165, 1.54) is 0 Å². The highest BCUT2D eigenvalue weighted by molar-refractivity contribution is 9.10. The van der Waals surface area contributed by atoms with E-state index < -0.39 is 0 Å². The highest BCUT2D eigenvalue weighted by Gasteiger charge is 2.10. The molecular weight excluding hydrogens is 328 g/mol. The van der Waals surface area contributed by atoms with Crippen LogP contribution >= 0.6 is 27.5 Å². The average Bonchev–Trinajstić information content (AvgIpc) is 2.81. The van der Waals surface area contributed by atoms with Crippen molar-refractivity contribution in [2.75, 3.05) is 0 Å². The summed E-state index contributed by atoms with van der Waals surface area (Å²) in [6, 6.07) is 13.0. The van der Waals surface area contributed by atoms with Crippen LogP contribution in [0.4, 0.5) is 0 Å². The number of rotatable bonds is 1. The fraction of sp³-hybridized carbons (Fsp3) is 0. The van der Waals surface area contributed by atoms with E-state index in [-0.39, 0.29) is 5.15 Å². The van der Waals surface area contributed by atoms with Crippen molar-refractivity contribution < 1.29 is 4.42 Å². The van der Waals surface area contributed by atoms with Crippen molar-refractivity contribution in [1.82, 2.24) is 4.98 Å². The van der Waals surface area contributed by atoms with E-state index in [2.05, 4.69) is 20.9 Å². The lowest BCUT2D eigenvalue weighted by Crippen LogP contribution is -1.85. The molecule has 0 spiro atoms. The molecule has 0 unspecified atom stereocenters. The quantitative estimate of drug-likeness (QED) is 0.602. The van der Waals surface area contributed by atoms with Crippen molar-refractivity contribution in [3.63, 3.8) is 0 Å². The minimum atomic E-state index is 0.182. The summed E-state index contributed by atoms with van der Waals surface area (Å²) in [5.74, 6) is 0.625. The number of benzene rings is 1. The molecule has 0 aliphatic rings. The number of fused-ring (bicyclic) bond motifs is 1. The van der Waals surface area contributed by atoms with E-state index in [9.17, 15) is 0 Å². The molecule has 2 heterocycles. The normalized spacial score (nSPS) is 10.6. The number of halogens is 2. The number of hydrogen-bond donors (Lipinski definition) is 0. The topological polar surface area (TPSA) is 49.8 Å². The highest BCUT2D eigenvalue weighted by atomic mass is 79.9. The first-order valence-corrected chi connectivity index (χ1v) is 6.60. The number of nitrogens with zero attached hydrogens (tertiary/aromatic N) is 2. The summed E-state index contributed by atoms with van der Waals surface area (Å²) in [5.41, 5.74) is 1.74. The molecule has 0 fully saturated rings. The van der Waals surface area contributed by atoms with Crippen LogP contribution in [0.25, 0.3) is 22.4 Å². The lowest BCUT2D eigenvalue weighted by atomic mass is 10.2. The van der Waals surface area contributed by atoms with Crippen LogP contribution in [-0.2, 0) is 0 Å². The first-order chi connectivity index (χ1) is 9.17. The van der Waals surface area contributed by atoms with Crippen LogP contribution in [-0.4, -0.2) is 4.98 Å². The summed E-state index contributed by atoms with van der Waals surface area (Å²) in [6.45, 7) is 0. The van der Waals surface area contributed by atoms with Gasteiger partial charge >= 0.3 is 0 Å². The second kappa shape index (κ2) is 4.69. The van der Waals surface area contributed by atoms with Gasteiger partial charge in [-0.25, -0.2) is 4.98 Å². The minimum Gasteiger partial charge on any atom is -0.454 e. The van der Waals surface area contributed by atoms with Crippen molar-refractivity contribution >= 4 is 38.5 Å². The summed E-state index contributed by atoms with van der Waals surface area (Å²) in [5, 5.41) is 9.98. The Morgan fingerprint density at radius 1 is 1.21 bits per heavy atom. The summed E-state index contributed by atoms with van der Waals surface area (Å²) in [6.07, 6.45) is 0. The van der Waals surface area contributed by atoms with Crippen molar-refractivity contribution in [2.24, 2.45) is 0 Å². The second-order valence-electron chi connectivity index (χ2n) is 3.94. The van der Waals surface area contributed by atoms with Gasteiger partial charge in [-0.3, -0.25) is 0 Å². The zero-order valence-corrected chi connectivity index (χ0v) is 11.9. The third kappa shape index (κ3) is 2.23. The molecule has 0 saturated heterocycles. The number of nitriles is 1.